The number of rotatable bonds is 6. The number of fused-ring (bicyclic) bond motifs is 2. The molecule has 6 rings (SSSR count). The van der Waals surface area contributed by atoms with Gasteiger partial charge in [0.05, 0.1) is 5.41 Å². The van der Waals surface area contributed by atoms with E-state index < -0.39 is 23.2 Å². The maximum atomic E-state index is 13.4. The Hall–Kier alpha value is -3.11. The summed E-state index contributed by atoms with van der Waals surface area (Å²) in [7, 11) is 0. The maximum Gasteiger partial charge on any atom is 0.189 e. The summed E-state index contributed by atoms with van der Waals surface area (Å²) < 4.78 is 12.9. The van der Waals surface area contributed by atoms with Gasteiger partial charge in [-0.2, -0.15) is 0 Å². The van der Waals surface area contributed by atoms with Gasteiger partial charge in [0, 0.05) is 17.5 Å². The van der Waals surface area contributed by atoms with Crippen LogP contribution in [-0.2, 0) is 28.7 Å². The molecule has 4 aliphatic rings. The maximum absolute atomic E-state index is 13.4. The first-order valence-electron chi connectivity index (χ1n) is 10.7. The number of aliphatic hydroxyl groups is 1. The SMILES string of the molecule is C=CCc1ccc2c(c1)[C@@]1(CC=C)[C@@H](O2)[C@]2(O)C(=O)C[C@H]1Oc1ccc(CC=C)cc12. The molecule has 0 saturated heterocycles. The summed E-state index contributed by atoms with van der Waals surface area (Å²) in [5.41, 5.74) is 0.989. The van der Waals surface area contributed by atoms with E-state index in [9.17, 15) is 9.90 Å². The van der Waals surface area contributed by atoms with E-state index >= 15 is 0 Å². The van der Waals surface area contributed by atoms with Crippen LogP contribution in [0.2, 0.25) is 0 Å². The monoisotopic (exact) mass is 414 g/mol. The highest BCUT2D eigenvalue weighted by molar-refractivity contribution is 5.93. The van der Waals surface area contributed by atoms with Gasteiger partial charge in [-0.05, 0) is 48.6 Å². The van der Waals surface area contributed by atoms with Crippen molar-refractivity contribution in [2.24, 2.45) is 0 Å². The minimum atomic E-state index is -1.81. The van der Waals surface area contributed by atoms with Crippen molar-refractivity contribution in [3.63, 3.8) is 0 Å². The smallest absolute Gasteiger partial charge is 0.189 e. The number of carbonyl (C=O) groups is 1. The molecular weight excluding hydrogens is 388 g/mol. The van der Waals surface area contributed by atoms with Crippen LogP contribution in [-0.4, -0.2) is 23.1 Å². The number of benzene rings is 2. The zero-order chi connectivity index (χ0) is 21.8. The van der Waals surface area contributed by atoms with E-state index in [0.29, 0.717) is 29.9 Å². The molecule has 158 valence electrons. The summed E-state index contributed by atoms with van der Waals surface area (Å²) >= 11 is 0. The lowest BCUT2D eigenvalue weighted by molar-refractivity contribution is -0.168. The molecule has 1 saturated carbocycles. The average molecular weight is 415 g/mol. The second-order valence-corrected chi connectivity index (χ2v) is 8.68. The fourth-order valence-electron chi connectivity index (χ4n) is 5.61. The molecule has 0 unspecified atom stereocenters. The number of ether oxygens (including phenoxy) is 2. The van der Waals surface area contributed by atoms with Crippen LogP contribution in [0.15, 0.2) is 74.4 Å². The molecule has 0 amide bonds. The standard InChI is InChI=1S/C27H26O4/c1-4-7-17-9-11-21-19(14-17)26(13-6-3)24-16-23(28)27(29,25(26)31-21)20-15-18(8-5-2)10-12-22(20)30-24/h4-6,9-12,14-15,24-25,29H,1-3,7-8,13,16H2/t24-,25-,26-,27-/m1/s1. The van der Waals surface area contributed by atoms with Gasteiger partial charge in [-0.1, -0.05) is 36.4 Å². The van der Waals surface area contributed by atoms with Crippen LogP contribution in [0.5, 0.6) is 11.5 Å². The fraction of sp³-hybridized carbons (Fsp3) is 0.296. The van der Waals surface area contributed by atoms with Gasteiger partial charge in [-0.25, -0.2) is 0 Å². The summed E-state index contributed by atoms with van der Waals surface area (Å²) in [6, 6.07) is 11.7. The van der Waals surface area contributed by atoms with Crippen molar-refractivity contribution in [2.45, 2.75) is 48.9 Å². The number of hydrogen-bond acceptors (Lipinski definition) is 4. The Morgan fingerprint density at radius 2 is 1.55 bits per heavy atom. The third-order valence-corrected chi connectivity index (χ3v) is 6.97. The minimum absolute atomic E-state index is 0.112. The Kier molecular flexibility index (Phi) is 4.45. The Morgan fingerprint density at radius 3 is 2.16 bits per heavy atom. The van der Waals surface area contributed by atoms with Crippen molar-refractivity contribution in [2.75, 3.05) is 0 Å². The molecule has 31 heavy (non-hydrogen) atoms. The van der Waals surface area contributed by atoms with Gasteiger partial charge in [0.1, 0.15) is 17.6 Å². The molecule has 0 spiro atoms. The molecule has 1 fully saturated rings. The topological polar surface area (TPSA) is 55.8 Å². The minimum Gasteiger partial charge on any atom is -0.488 e. The Balaban J connectivity index is 1.76. The lowest BCUT2D eigenvalue weighted by Crippen LogP contribution is -2.65. The number of Topliss-reactive ketones (excluding diaryl/α,β-unsaturated/α-hetero) is 1. The number of ketones is 1. The fourth-order valence-corrected chi connectivity index (χ4v) is 5.61. The zero-order valence-corrected chi connectivity index (χ0v) is 17.5. The molecule has 3 heterocycles. The molecule has 2 aromatic carbocycles. The highest BCUT2D eigenvalue weighted by atomic mass is 16.5. The van der Waals surface area contributed by atoms with Crippen LogP contribution in [0.4, 0.5) is 0 Å². The predicted molar refractivity (Wildman–Crippen MR) is 120 cm³/mol. The Labute approximate surface area is 182 Å². The number of allylic oxidation sites excluding steroid dienone is 3. The first-order valence-corrected chi connectivity index (χ1v) is 10.7. The molecular formula is C27H26O4. The van der Waals surface area contributed by atoms with Crippen LogP contribution in [0.3, 0.4) is 0 Å². The van der Waals surface area contributed by atoms with Crippen LogP contribution in [0.25, 0.3) is 0 Å². The summed E-state index contributed by atoms with van der Waals surface area (Å²) in [4.78, 5) is 13.4. The summed E-state index contributed by atoms with van der Waals surface area (Å²) in [5.74, 6) is 0.958. The van der Waals surface area contributed by atoms with Gasteiger partial charge < -0.3 is 14.6 Å². The molecule has 4 heteroatoms. The van der Waals surface area contributed by atoms with Crippen molar-refractivity contribution < 1.29 is 19.4 Å². The molecule has 0 radical (unpaired) electrons. The third-order valence-electron chi connectivity index (χ3n) is 6.97. The van der Waals surface area contributed by atoms with E-state index in [0.717, 1.165) is 23.1 Å². The second kappa shape index (κ2) is 6.96. The van der Waals surface area contributed by atoms with E-state index in [1.807, 2.05) is 42.5 Å². The second-order valence-electron chi connectivity index (χ2n) is 8.68. The molecule has 0 aromatic heterocycles. The summed E-state index contributed by atoms with van der Waals surface area (Å²) in [6.07, 6.45) is 6.23. The largest absolute Gasteiger partial charge is 0.488 e. The summed E-state index contributed by atoms with van der Waals surface area (Å²) in [5, 5.41) is 12.1. The first kappa shape index (κ1) is 19.8. The third kappa shape index (κ3) is 2.55. The van der Waals surface area contributed by atoms with Crippen LogP contribution in [0, 0.1) is 0 Å². The van der Waals surface area contributed by atoms with Crippen LogP contribution in [0.1, 0.15) is 35.1 Å². The van der Waals surface area contributed by atoms with Crippen LogP contribution >= 0.6 is 0 Å². The highest BCUT2D eigenvalue weighted by Crippen LogP contribution is 2.60. The van der Waals surface area contributed by atoms with Gasteiger partial charge in [0.2, 0.25) is 0 Å². The van der Waals surface area contributed by atoms with E-state index in [2.05, 4.69) is 25.8 Å². The van der Waals surface area contributed by atoms with Gasteiger partial charge in [-0.15, -0.1) is 19.7 Å². The Morgan fingerprint density at radius 1 is 0.935 bits per heavy atom. The molecule has 3 aliphatic heterocycles. The van der Waals surface area contributed by atoms with Crippen molar-refractivity contribution in [1.29, 1.82) is 0 Å². The zero-order valence-electron chi connectivity index (χ0n) is 17.5. The van der Waals surface area contributed by atoms with E-state index in [1.54, 1.807) is 6.08 Å². The molecule has 1 N–H and O–H groups in total. The molecule has 4 atom stereocenters. The Bertz CT molecular complexity index is 1120. The van der Waals surface area contributed by atoms with E-state index in [4.69, 9.17) is 9.47 Å². The predicted octanol–water partition coefficient (Wildman–Crippen LogP) is 4.34. The van der Waals surface area contributed by atoms with Crippen molar-refractivity contribution in [3.8, 4) is 11.5 Å². The molecule has 2 bridgehead atoms. The highest BCUT2D eigenvalue weighted by Gasteiger charge is 2.70. The summed E-state index contributed by atoms with van der Waals surface area (Å²) in [6.45, 7) is 11.6. The van der Waals surface area contributed by atoms with Gasteiger partial charge in [-0.3, -0.25) is 4.79 Å². The number of carbonyl (C=O) groups excluding carboxylic acids is 1. The average Bonchev–Trinajstić information content (AvgIpc) is 3.00. The normalized spacial score (nSPS) is 29.6. The van der Waals surface area contributed by atoms with Crippen LogP contribution < -0.4 is 9.47 Å². The van der Waals surface area contributed by atoms with Gasteiger partial charge in [0.15, 0.2) is 17.5 Å². The number of hydrogen-bond donors (Lipinski definition) is 1. The van der Waals surface area contributed by atoms with Crippen molar-refractivity contribution in [1.82, 2.24) is 0 Å². The van der Waals surface area contributed by atoms with Crippen molar-refractivity contribution >= 4 is 5.78 Å². The molecule has 1 aliphatic carbocycles. The van der Waals surface area contributed by atoms with E-state index in [1.165, 1.54) is 0 Å². The molecule has 4 nitrogen and oxygen atoms in total. The van der Waals surface area contributed by atoms with Gasteiger partial charge >= 0.3 is 0 Å². The lowest BCUT2D eigenvalue weighted by atomic mass is 9.58. The van der Waals surface area contributed by atoms with E-state index in [-0.39, 0.29) is 12.2 Å². The van der Waals surface area contributed by atoms with Gasteiger partial charge in [0.25, 0.3) is 0 Å². The quantitative estimate of drug-likeness (QED) is 0.715. The lowest BCUT2D eigenvalue weighted by Gasteiger charge is -2.47. The van der Waals surface area contributed by atoms with Crippen molar-refractivity contribution in [3.05, 3.63) is 96.6 Å². The first-order chi connectivity index (χ1) is 15.0. The molecule has 2 aromatic rings.